The summed E-state index contributed by atoms with van der Waals surface area (Å²) in [6.45, 7) is 5.86. The number of aromatic nitrogens is 1. The van der Waals surface area contributed by atoms with E-state index in [9.17, 15) is 4.39 Å². The fourth-order valence-corrected chi connectivity index (χ4v) is 1.17. The molecule has 72 valence electrons. The van der Waals surface area contributed by atoms with Crippen molar-refractivity contribution in [3.05, 3.63) is 22.6 Å². The lowest BCUT2D eigenvalue weighted by atomic mass is 10.1. The Balaban J connectivity index is 2.90. The van der Waals surface area contributed by atoms with Crippen LogP contribution in [0.1, 0.15) is 20.8 Å². The Morgan fingerprint density at radius 3 is 2.54 bits per heavy atom. The molecule has 0 fully saturated rings. The molecule has 0 aliphatic heterocycles. The third kappa shape index (κ3) is 3.30. The maximum atomic E-state index is 13.2. The molecule has 1 aromatic rings. The largest absolute Gasteiger partial charge is 0.363 e. The van der Waals surface area contributed by atoms with Crippen LogP contribution in [-0.4, -0.2) is 10.5 Å². The van der Waals surface area contributed by atoms with Gasteiger partial charge in [-0.1, -0.05) is 0 Å². The van der Waals surface area contributed by atoms with Crippen LogP contribution in [0.3, 0.4) is 0 Å². The summed E-state index contributed by atoms with van der Waals surface area (Å²) in [7, 11) is 0. The van der Waals surface area contributed by atoms with E-state index >= 15 is 0 Å². The van der Waals surface area contributed by atoms with Gasteiger partial charge >= 0.3 is 0 Å². The molecular weight excluding hydrogens is 235 g/mol. The molecule has 1 N–H and O–H groups in total. The zero-order valence-corrected chi connectivity index (χ0v) is 9.44. The van der Waals surface area contributed by atoms with Crippen molar-refractivity contribution < 1.29 is 4.39 Å². The summed E-state index contributed by atoms with van der Waals surface area (Å²) in [6, 6.07) is 1.39. The number of halogens is 2. The van der Waals surface area contributed by atoms with Gasteiger partial charge in [0.1, 0.15) is 0 Å². The lowest BCUT2D eigenvalue weighted by Crippen LogP contribution is -2.27. The highest BCUT2D eigenvalue weighted by atomic mass is 79.9. The van der Waals surface area contributed by atoms with Crippen LogP contribution < -0.4 is 5.32 Å². The van der Waals surface area contributed by atoms with Gasteiger partial charge in [0.25, 0.3) is 0 Å². The van der Waals surface area contributed by atoms with Gasteiger partial charge in [0.15, 0.2) is 11.6 Å². The number of hydrogen-bond acceptors (Lipinski definition) is 2. The molecule has 1 rings (SSSR count). The number of nitrogens with one attached hydrogen (secondary N) is 1. The lowest BCUT2D eigenvalue weighted by molar-refractivity contribution is 0.590. The van der Waals surface area contributed by atoms with Crippen LogP contribution in [0.15, 0.2) is 16.7 Å². The van der Waals surface area contributed by atoms with E-state index in [0.29, 0.717) is 4.47 Å². The van der Waals surface area contributed by atoms with E-state index in [-0.39, 0.29) is 17.2 Å². The van der Waals surface area contributed by atoms with Crippen molar-refractivity contribution in [3.8, 4) is 0 Å². The summed E-state index contributed by atoms with van der Waals surface area (Å²) in [6.07, 6.45) is 1.57. The fraction of sp³-hybridized carbons (Fsp3) is 0.444. The topological polar surface area (TPSA) is 24.9 Å². The Bertz CT molecular complexity index is 307. The molecule has 4 heteroatoms. The maximum absolute atomic E-state index is 13.2. The average molecular weight is 247 g/mol. The molecule has 0 atom stereocenters. The molecule has 1 aromatic heterocycles. The Labute approximate surface area is 85.7 Å². The summed E-state index contributed by atoms with van der Waals surface area (Å²) in [4.78, 5) is 3.93. The first kappa shape index (κ1) is 10.4. The normalized spacial score (nSPS) is 11.5. The third-order valence-electron chi connectivity index (χ3n) is 1.30. The second-order valence-electron chi connectivity index (χ2n) is 3.86. The fourth-order valence-electron chi connectivity index (χ4n) is 0.862. The van der Waals surface area contributed by atoms with Crippen LogP contribution in [0.25, 0.3) is 0 Å². The van der Waals surface area contributed by atoms with Gasteiger partial charge in [0.2, 0.25) is 0 Å². The molecular formula is C9H12BrFN2. The van der Waals surface area contributed by atoms with Crippen molar-refractivity contribution in [1.29, 1.82) is 0 Å². The van der Waals surface area contributed by atoms with Gasteiger partial charge in [-0.25, -0.2) is 9.37 Å². The van der Waals surface area contributed by atoms with Gasteiger partial charge in [-0.15, -0.1) is 0 Å². The van der Waals surface area contributed by atoms with Crippen LogP contribution in [-0.2, 0) is 0 Å². The summed E-state index contributed by atoms with van der Waals surface area (Å²) in [5.74, 6) is -0.0556. The molecule has 0 bridgehead atoms. The van der Waals surface area contributed by atoms with Crippen LogP contribution >= 0.6 is 15.9 Å². The molecule has 0 aliphatic rings. The molecule has 0 aromatic carbocycles. The first-order valence-electron chi connectivity index (χ1n) is 3.98. The lowest BCUT2D eigenvalue weighted by Gasteiger charge is -2.21. The van der Waals surface area contributed by atoms with E-state index in [1.165, 1.54) is 6.07 Å². The van der Waals surface area contributed by atoms with Crippen molar-refractivity contribution in [2.75, 3.05) is 5.32 Å². The molecule has 0 aliphatic carbocycles. The predicted molar refractivity (Wildman–Crippen MR) is 55.3 cm³/mol. The first-order chi connectivity index (χ1) is 5.88. The van der Waals surface area contributed by atoms with Gasteiger partial charge in [0, 0.05) is 16.2 Å². The van der Waals surface area contributed by atoms with Crippen molar-refractivity contribution in [3.63, 3.8) is 0 Å². The quantitative estimate of drug-likeness (QED) is 0.824. The first-order valence-corrected chi connectivity index (χ1v) is 4.77. The minimum absolute atomic E-state index is 0.179. The molecule has 2 nitrogen and oxygen atoms in total. The highest BCUT2D eigenvalue weighted by Gasteiger charge is 2.13. The van der Waals surface area contributed by atoms with Crippen LogP contribution in [0.2, 0.25) is 0 Å². The van der Waals surface area contributed by atoms with E-state index < -0.39 is 0 Å². The van der Waals surface area contributed by atoms with Gasteiger partial charge in [-0.2, -0.15) is 0 Å². The van der Waals surface area contributed by atoms with E-state index in [1.807, 2.05) is 20.8 Å². The van der Waals surface area contributed by atoms with E-state index in [0.717, 1.165) is 0 Å². The number of nitrogens with zero attached hydrogens (tertiary/aromatic N) is 1. The predicted octanol–water partition coefficient (Wildman–Crippen LogP) is 3.19. The van der Waals surface area contributed by atoms with E-state index in [2.05, 4.69) is 26.2 Å². The van der Waals surface area contributed by atoms with Gasteiger partial charge in [0.05, 0.1) is 0 Å². The maximum Gasteiger partial charge on any atom is 0.166 e. The number of anilines is 1. The average Bonchev–Trinajstić information content (AvgIpc) is 1.93. The highest BCUT2D eigenvalue weighted by molar-refractivity contribution is 9.10. The Morgan fingerprint density at radius 2 is 2.08 bits per heavy atom. The molecule has 0 radical (unpaired) electrons. The Hall–Kier alpha value is -0.640. The van der Waals surface area contributed by atoms with Crippen molar-refractivity contribution in [1.82, 2.24) is 4.98 Å². The number of rotatable bonds is 1. The van der Waals surface area contributed by atoms with Crippen molar-refractivity contribution >= 4 is 21.7 Å². The molecule has 13 heavy (non-hydrogen) atoms. The summed E-state index contributed by atoms with van der Waals surface area (Å²) >= 11 is 3.15. The van der Waals surface area contributed by atoms with Gasteiger partial charge in [-0.05, 0) is 42.8 Å². The van der Waals surface area contributed by atoms with Crippen LogP contribution in [0, 0.1) is 5.82 Å². The highest BCUT2D eigenvalue weighted by Crippen LogP contribution is 2.19. The Kier molecular flexibility index (Phi) is 2.91. The van der Waals surface area contributed by atoms with Gasteiger partial charge in [-0.3, -0.25) is 0 Å². The van der Waals surface area contributed by atoms with Crippen LogP contribution in [0.5, 0.6) is 0 Å². The van der Waals surface area contributed by atoms with E-state index in [4.69, 9.17) is 0 Å². The summed E-state index contributed by atoms with van der Waals surface area (Å²) < 4.78 is 13.9. The summed E-state index contributed by atoms with van der Waals surface area (Å²) in [5, 5.41) is 2.97. The smallest absolute Gasteiger partial charge is 0.166 e. The number of hydrogen-bond donors (Lipinski definition) is 1. The number of pyridine rings is 1. The minimum atomic E-state index is -0.343. The van der Waals surface area contributed by atoms with Gasteiger partial charge < -0.3 is 5.32 Å². The van der Waals surface area contributed by atoms with Crippen molar-refractivity contribution in [2.45, 2.75) is 26.3 Å². The SMILES string of the molecule is CC(C)(C)Nc1ncc(Br)cc1F. The minimum Gasteiger partial charge on any atom is -0.363 e. The molecule has 0 saturated carbocycles. The molecule has 0 unspecified atom stereocenters. The standard InChI is InChI=1S/C9H12BrFN2/c1-9(2,3)13-8-7(11)4-6(10)5-12-8/h4-5H,1-3H3,(H,12,13). The monoisotopic (exact) mass is 246 g/mol. The molecule has 1 heterocycles. The van der Waals surface area contributed by atoms with Crippen LogP contribution in [0.4, 0.5) is 10.2 Å². The Morgan fingerprint density at radius 1 is 1.46 bits per heavy atom. The molecule has 0 amide bonds. The van der Waals surface area contributed by atoms with E-state index in [1.54, 1.807) is 6.20 Å². The molecule has 0 spiro atoms. The third-order valence-corrected chi connectivity index (χ3v) is 1.73. The zero-order chi connectivity index (χ0) is 10.1. The second-order valence-corrected chi connectivity index (χ2v) is 4.77. The molecule has 0 saturated heterocycles. The second kappa shape index (κ2) is 3.62. The van der Waals surface area contributed by atoms with Crippen molar-refractivity contribution in [2.24, 2.45) is 0 Å². The summed E-state index contributed by atoms with van der Waals surface area (Å²) in [5.41, 5.74) is -0.179. The zero-order valence-electron chi connectivity index (χ0n) is 7.86.